The maximum atomic E-state index is 5.85. The number of rotatable bonds is 4. The third-order valence-corrected chi connectivity index (χ3v) is 2.96. The summed E-state index contributed by atoms with van der Waals surface area (Å²) >= 11 is 0. The number of pyridine rings is 1. The van der Waals surface area contributed by atoms with Crippen molar-refractivity contribution in [2.45, 2.75) is 19.3 Å². The second-order valence-electron chi connectivity index (χ2n) is 4.38. The lowest BCUT2D eigenvalue weighted by Gasteiger charge is -2.14. The molecule has 0 spiro atoms. The zero-order valence-electron chi connectivity index (χ0n) is 10.1. The topological polar surface area (TPSA) is 38.9 Å². The summed E-state index contributed by atoms with van der Waals surface area (Å²) in [5.74, 6) is 0.304. The molecule has 0 amide bonds. The average Bonchev–Trinajstić information content (AvgIpc) is 2.37. The Morgan fingerprint density at radius 2 is 2.06 bits per heavy atom. The van der Waals surface area contributed by atoms with Crippen molar-refractivity contribution in [3.05, 3.63) is 65.5 Å². The first-order chi connectivity index (χ1) is 8.29. The van der Waals surface area contributed by atoms with Crippen LogP contribution in [0.25, 0.3) is 0 Å². The molecule has 1 aromatic heterocycles. The maximum Gasteiger partial charge on any atom is 0.0450 e. The van der Waals surface area contributed by atoms with Gasteiger partial charge in [-0.2, -0.15) is 0 Å². The molecule has 0 fully saturated rings. The van der Waals surface area contributed by atoms with E-state index < -0.39 is 0 Å². The quantitative estimate of drug-likeness (QED) is 0.870. The van der Waals surface area contributed by atoms with Gasteiger partial charge in [-0.05, 0) is 31.0 Å². The van der Waals surface area contributed by atoms with Crippen LogP contribution in [0.5, 0.6) is 0 Å². The van der Waals surface area contributed by atoms with Gasteiger partial charge < -0.3 is 5.73 Å². The van der Waals surface area contributed by atoms with Crippen molar-refractivity contribution in [1.29, 1.82) is 0 Å². The van der Waals surface area contributed by atoms with Gasteiger partial charge >= 0.3 is 0 Å². The number of hydrogen-bond acceptors (Lipinski definition) is 2. The number of nitrogens with two attached hydrogens (primary N) is 1. The van der Waals surface area contributed by atoms with Gasteiger partial charge in [0, 0.05) is 24.4 Å². The average molecular weight is 226 g/mol. The molecule has 1 atom stereocenters. The molecule has 0 aliphatic heterocycles. The van der Waals surface area contributed by atoms with Crippen LogP contribution in [-0.4, -0.2) is 11.5 Å². The van der Waals surface area contributed by atoms with Crippen molar-refractivity contribution < 1.29 is 0 Å². The van der Waals surface area contributed by atoms with Crippen LogP contribution in [-0.2, 0) is 6.42 Å². The van der Waals surface area contributed by atoms with Crippen molar-refractivity contribution in [2.24, 2.45) is 5.73 Å². The van der Waals surface area contributed by atoms with Gasteiger partial charge in [0.25, 0.3) is 0 Å². The van der Waals surface area contributed by atoms with E-state index in [9.17, 15) is 0 Å². The summed E-state index contributed by atoms with van der Waals surface area (Å²) in [5.41, 5.74) is 9.55. The van der Waals surface area contributed by atoms with Crippen LogP contribution in [0.3, 0.4) is 0 Å². The summed E-state index contributed by atoms with van der Waals surface area (Å²) in [6.45, 7) is 2.74. The van der Waals surface area contributed by atoms with E-state index in [1.807, 2.05) is 24.4 Å². The number of benzene rings is 1. The second kappa shape index (κ2) is 5.60. The zero-order chi connectivity index (χ0) is 12.1. The Balaban J connectivity index is 2.16. The molecule has 2 nitrogen and oxygen atoms in total. The van der Waals surface area contributed by atoms with Crippen molar-refractivity contribution in [3.63, 3.8) is 0 Å². The van der Waals surface area contributed by atoms with Crippen LogP contribution in [0.1, 0.15) is 22.7 Å². The van der Waals surface area contributed by atoms with Crippen molar-refractivity contribution in [2.75, 3.05) is 6.54 Å². The van der Waals surface area contributed by atoms with Crippen LogP contribution in [0, 0.1) is 6.92 Å². The Hall–Kier alpha value is -1.67. The minimum Gasteiger partial charge on any atom is -0.330 e. The molecule has 0 aliphatic rings. The molecule has 2 aromatic rings. The predicted octanol–water partition coefficient (Wildman–Crippen LogP) is 2.68. The van der Waals surface area contributed by atoms with Gasteiger partial charge in [0.15, 0.2) is 0 Å². The standard InChI is InChI=1S/C15H18N2/c1-12-5-4-6-13(9-12)10-14(11-16)15-7-2-3-8-17-15/h2-9,14H,10-11,16H2,1H3. The third-order valence-electron chi connectivity index (χ3n) is 2.96. The number of hydrogen-bond donors (Lipinski definition) is 1. The summed E-state index contributed by atoms with van der Waals surface area (Å²) in [7, 11) is 0. The summed E-state index contributed by atoms with van der Waals surface area (Å²) in [5, 5.41) is 0. The number of nitrogens with zero attached hydrogens (tertiary/aromatic N) is 1. The van der Waals surface area contributed by atoms with Gasteiger partial charge in [0.05, 0.1) is 0 Å². The van der Waals surface area contributed by atoms with Gasteiger partial charge in [-0.1, -0.05) is 35.9 Å². The SMILES string of the molecule is Cc1cccc(CC(CN)c2ccccn2)c1. The first-order valence-electron chi connectivity index (χ1n) is 5.96. The monoisotopic (exact) mass is 226 g/mol. The number of aromatic nitrogens is 1. The Kier molecular flexibility index (Phi) is 3.89. The summed E-state index contributed by atoms with van der Waals surface area (Å²) in [4.78, 5) is 4.39. The molecule has 0 saturated heterocycles. The highest BCUT2D eigenvalue weighted by atomic mass is 14.7. The lowest BCUT2D eigenvalue weighted by molar-refractivity contribution is 0.672. The first-order valence-corrected chi connectivity index (χ1v) is 5.96. The normalized spacial score (nSPS) is 12.4. The molecule has 0 saturated carbocycles. The molecule has 2 N–H and O–H groups in total. The molecule has 0 radical (unpaired) electrons. The first kappa shape index (κ1) is 11.8. The van der Waals surface area contributed by atoms with E-state index in [0.29, 0.717) is 12.5 Å². The fourth-order valence-electron chi connectivity index (χ4n) is 2.05. The van der Waals surface area contributed by atoms with Gasteiger partial charge in [-0.25, -0.2) is 0 Å². The third kappa shape index (κ3) is 3.14. The lowest BCUT2D eigenvalue weighted by atomic mass is 9.95. The minimum atomic E-state index is 0.304. The molecule has 17 heavy (non-hydrogen) atoms. The fraction of sp³-hybridized carbons (Fsp3) is 0.267. The summed E-state index contributed by atoms with van der Waals surface area (Å²) in [6, 6.07) is 14.6. The molecular formula is C15H18N2. The highest BCUT2D eigenvalue weighted by Crippen LogP contribution is 2.18. The zero-order valence-corrected chi connectivity index (χ0v) is 10.1. The van der Waals surface area contributed by atoms with E-state index in [2.05, 4.69) is 36.2 Å². The van der Waals surface area contributed by atoms with Crippen molar-refractivity contribution in [3.8, 4) is 0 Å². The van der Waals surface area contributed by atoms with E-state index in [1.165, 1.54) is 11.1 Å². The van der Waals surface area contributed by atoms with Gasteiger partial charge in [-0.3, -0.25) is 4.98 Å². The largest absolute Gasteiger partial charge is 0.330 e. The Morgan fingerprint density at radius 1 is 1.18 bits per heavy atom. The maximum absolute atomic E-state index is 5.85. The Labute approximate surface area is 103 Å². The fourth-order valence-corrected chi connectivity index (χ4v) is 2.05. The second-order valence-corrected chi connectivity index (χ2v) is 4.38. The predicted molar refractivity (Wildman–Crippen MR) is 70.9 cm³/mol. The van der Waals surface area contributed by atoms with Gasteiger partial charge in [-0.15, -0.1) is 0 Å². The molecule has 2 rings (SSSR count). The van der Waals surface area contributed by atoms with E-state index in [1.54, 1.807) is 0 Å². The highest BCUT2D eigenvalue weighted by molar-refractivity contribution is 5.25. The molecule has 2 heteroatoms. The van der Waals surface area contributed by atoms with E-state index in [4.69, 9.17) is 5.73 Å². The van der Waals surface area contributed by atoms with E-state index in [0.717, 1.165) is 12.1 Å². The van der Waals surface area contributed by atoms with Crippen molar-refractivity contribution in [1.82, 2.24) is 4.98 Å². The Morgan fingerprint density at radius 3 is 2.71 bits per heavy atom. The van der Waals surface area contributed by atoms with Gasteiger partial charge in [0.1, 0.15) is 0 Å². The number of aryl methyl sites for hydroxylation is 1. The molecule has 1 heterocycles. The molecule has 1 unspecified atom stereocenters. The van der Waals surface area contributed by atoms with Crippen LogP contribution in [0.2, 0.25) is 0 Å². The van der Waals surface area contributed by atoms with E-state index in [-0.39, 0.29) is 0 Å². The summed E-state index contributed by atoms with van der Waals surface area (Å²) in [6.07, 6.45) is 2.78. The molecule has 1 aromatic carbocycles. The van der Waals surface area contributed by atoms with Crippen LogP contribution in [0.15, 0.2) is 48.7 Å². The molecule has 0 aliphatic carbocycles. The van der Waals surface area contributed by atoms with E-state index >= 15 is 0 Å². The molecule has 88 valence electrons. The smallest absolute Gasteiger partial charge is 0.0450 e. The lowest BCUT2D eigenvalue weighted by Crippen LogP contribution is -2.16. The van der Waals surface area contributed by atoms with Crippen molar-refractivity contribution >= 4 is 0 Å². The highest BCUT2D eigenvalue weighted by Gasteiger charge is 2.11. The Bertz CT molecular complexity index is 465. The summed E-state index contributed by atoms with van der Waals surface area (Å²) < 4.78 is 0. The molecule has 0 bridgehead atoms. The molecular weight excluding hydrogens is 208 g/mol. The van der Waals surface area contributed by atoms with Gasteiger partial charge in [0.2, 0.25) is 0 Å². The van der Waals surface area contributed by atoms with Crippen LogP contribution in [0.4, 0.5) is 0 Å². The van der Waals surface area contributed by atoms with Crippen LogP contribution >= 0.6 is 0 Å². The van der Waals surface area contributed by atoms with Crippen LogP contribution < -0.4 is 5.73 Å². The minimum absolute atomic E-state index is 0.304.